The van der Waals surface area contributed by atoms with E-state index in [1.54, 1.807) is 12.4 Å². The Labute approximate surface area is 122 Å². The molecule has 3 rings (SSSR count). The molecular formula is C15H19N3OS. The minimum absolute atomic E-state index is 0.0813. The molecule has 4 nitrogen and oxygen atoms in total. The number of nitrogens with zero attached hydrogens (tertiary/aromatic N) is 2. The maximum absolute atomic E-state index is 12.7. The van der Waals surface area contributed by atoms with Crippen LogP contribution < -0.4 is 5.73 Å². The Morgan fingerprint density at radius 3 is 3.10 bits per heavy atom. The zero-order valence-electron chi connectivity index (χ0n) is 11.6. The predicted octanol–water partition coefficient (Wildman–Crippen LogP) is 3.14. The Kier molecular flexibility index (Phi) is 3.61. The van der Waals surface area contributed by atoms with Crippen molar-refractivity contribution in [1.29, 1.82) is 0 Å². The van der Waals surface area contributed by atoms with Crippen molar-refractivity contribution in [1.82, 2.24) is 9.88 Å². The van der Waals surface area contributed by atoms with E-state index < -0.39 is 0 Å². The number of thiophene rings is 1. The molecule has 106 valence electrons. The fraction of sp³-hybridized carbons (Fsp3) is 0.467. The van der Waals surface area contributed by atoms with Gasteiger partial charge in [0.15, 0.2) is 0 Å². The SMILES string of the molecule is CC1CCCN(C(=O)c2sc3cnccc3c2N)CC1. The summed E-state index contributed by atoms with van der Waals surface area (Å²) in [4.78, 5) is 19.4. The molecule has 0 saturated carbocycles. The molecule has 2 aromatic rings. The van der Waals surface area contributed by atoms with Gasteiger partial charge in [0.1, 0.15) is 4.88 Å². The Balaban J connectivity index is 1.90. The molecule has 0 bridgehead atoms. The van der Waals surface area contributed by atoms with Gasteiger partial charge in [-0.2, -0.15) is 0 Å². The zero-order valence-corrected chi connectivity index (χ0v) is 12.4. The third-order valence-electron chi connectivity index (χ3n) is 4.03. The summed E-state index contributed by atoms with van der Waals surface area (Å²) in [5.74, 6) is 0.787. The lowest BCUT2D eigenvalue weighted by Crippen LogP contribution is -2.31. The molecule has 5 heteroatoms. The number of hydrogen-bond acceptors (Lipinski definition) is 4. The van der Waals surface area contributed by atoms with E-state index in [0.29, 0.717) is 16.5 Å². The van der Waals surface area contributed by atoms with Gasteiger partial charge in [0.25, 0.3) is 5.91 Å². The first kappa shape index (κ1) is 13.4. The summed E-state index contributed by atoms with van der Waals surface area (Å²) >= 11 is 1.45. The molecular weight excluding hydrogens is 270 g/mol. The number of anilines is 1. The second kappa shape index (κ2) is 5.40. The highest BCUT2D eigenvalue weighted by Gasteiger charge is 2.24. The van der Waals surface area contributed by atoms with E-state index in [1.807, 2.05) is 11.0 Å². The van der Waals surface area contributed by atoms with Crippen LogP contribution in [0.2, 0.25) is 0 Å². The summed E-state index contributed by atoms with van der Waals surface area (Å²) in [5, 5.41) is 0.941. The lowest BCUT2D eigenvalue weighted by molar-refractivity contribution is 0.0766. The Morgan fingerprint density at radius 1 is 1.45 bits per heavy atom. The molecule has 3 heterocycles. The third kappa shape index (κ3) is 2.38. The van der Waals surface area contributed by atoms with Crippen LogP contribution >= 0.6 is 11.3 Å². The number of likely N-dealkylation sites (tertiary alicyclic amines) is 1. The second-order valence-electron chi connectivity index (χ2n) is 5.54. The van der Waals surface area contributed by atoms with Crippen LogP contribution in [0.15, 0.2) is 18.5 Å². The predicted molar refractivity (Wildman–Crippen MR) is 83.0 cm³/mol. The van der Waals surface area contributed by atoms with Gasteiger partial charge < -0.3 is 10.6 Å². The highest BCUT2D eigenvalue weighted by molar-refractivity contribution is 7.21. The molecule has 0 aliphatic carbocycles. The summed E-state index contributed by atoms with van der Waals surface area (Å²) in [7, 11) is 0. The second-order valence-corrected chi connectivity index (χ2v) is 6.60. The lowest BCUT2D eigenvalue weighted by atomic mass is 10.0. The van der Waals surface area contributed by atoms with Crippen LogP contribution in [0.25, 0.3) is 10.1 Å². The molecule has 0 spiro atoms. The van der Waals surface area contributed by atoms with Crippen LogP contribution in [0, 0.1) is 5.92 Å². The van der Waals surface area contributed by atoms with Gasteiger partial charge in [0.05, 0.1) is 10.4 Å². The van der Waals surface area contributed by atoms with Crippen molar-refractivity contribution in [3.8, 4) is 0 Å². The number of fused-ring (bicyclic) bond motifs is 1. The minimum Gasteiger partial charge on any atom is -0.397 e. The summed E-state index contributed by atoms with van der Waals surface area (Å²) in [5.41, 5.74) is 6.75. The number of pyridine rings is 1. The molecule has 1 amide bonds. The van der Waals surface area contributed by atoms with E-state index in [9.17, 15) is 4.79 Å². The Hall–Kier alpha value is -1.62. The van der Waals surface area contributed by atoms with Gasteiger partial charge in [-0.3, -0.25) is 9.78 Å². The molecule has 2 aromatic heterocycles. The van der Waals surface area contributed by atoms with Crippen molar-refractivity contribution >= 4 is 33.0 Å². The normalized spacial score (nSPS) is 20.1. The molecule has 1 fully saturated rings. The van der Waals surface area contributed by atoms with Crippen LogP contribution in [-0.2, 0) is 0 Å². The quantitative estimate of drug-likeness (QED) is 0.877. The van der Waals surface area contributed by atoms with Gasteiger partial charge in [-0.05, 0) is 31.2 Å². The average molecular weight is 289 g/mol. The first-order valence-corrected chi connectivity index (χ1v) is 7.89. The van der Waals surface area contributed by atoms with E-state index in [0.717, 1.165) is 36.0 Å². The maximum atomic E-state index is 12.7. The fourth-order valence-electron chi connectivity index (χ4n) is 2.74. The molecule has 1 aliphatic heterocycles. The summed E-state index contributed by atoms with van der Waals surface area (Å²) in [6, 6.07) is 1.88. The number of carbonyl (C=O) groups is 1. The number of carbonyl (C=O) groups excluding carboxylic acids is 1. The van der Waals surface area contributed by atoms with Crippen molar-refractivity contribution in [2.45, 2.75) is 26.2 Å². The molecule has 0 radical (unpaired) electrons. The van der Waals surface area contributed by atoms with Gasteiger partial charge >= 0.3 is 0 Å². The number of rotatable bonds is 1. The smallest absolute Gasteiger partial charge is 0.266 e. The monoisotopic (exact) mass is 289 g/mol. The van der Waals surface area contributed by atoms with Crippen molar-refractivity contribution in [2.75, 3.05) is 18.8 Å². The number of hydrogen-bond donors (Lipinski definition) is 1. The van der Waals surface area contributed by atoms with Crippen molar-refractivity contribution in [3.63, 3.8) is 0 Å². The first-order chi connectivity index (χ1) is 9.66. The summed E-state index contributed by atoms with van der Waals surface area (Å²) in [6.45, 7) is 3.94. The van der Waals surface area contributed by atoms with Crippen molar-refractivity contribution < 1.29 is 4.79 Å². The van der Waals surface area contributed by atoms with E-state index in [1.165, 1.54) is 17.8 Å². The topological polar surface area (TPSA) is 59.2 Å². The summed E-state index contributed by atoms with van der Waals surface area (Å²) in [6.07, 6.45) is 6.86. The molecule has 1 unspecified atom stereocenters. The van der Waals surface area contributed by atoms with Gasteiger partial charge in [0.2, 0.25) is 0 Å². The molecule has 1 atom stereocenters. The minimum atomic E-state index is 0.0813. The third-order valence-corrected chi connectivity index (χ3v) is 5.17. The van der Waals surface area contributed by atoms with E-state index in [-0.39, 0.29) is 5.91 Å². The van der Waals surface area contributed by atoms with Gasteiger partial charge in [-0.15, -0.1) is 11.3 Å². The largest absolute Gasteiger partial charge is 0.397 e. The first-order valence-electron chi connectivity index (χ1n) is 7.08. The molecule has 1 aliphatic rings. The fourth-order valence-corrected chi connectivity index (χ4v) is 3.80. The number of nitrogens with two attached hydrogens (primary N) is 1. The summed E-state index contributed by atoms with van der Waals surface area (Å²) < 4.78 is 0.983. The molecule has 0 aromatic carbocycles. The highest BCUT2D eigenvalue weighted by Crippen LogP contribution is 2.34. The highest BCUT2D eigenvalue weighted by atomic mass is 32.1. The van der Waals surface area contributed by atoms with Crippen molar-refractivity contribution in [2.24, 2.45) is 5.92 Å². The van der Waals surface area contributed by atoms with Crippen LogP contribution in [0.1, 0.15) is 35.9 Å². The van der Waals surface area contributed by atoms with E-state index in [2.05, 4.69) is 11.9 Å². The standard InChI is InChI=1S/C15H19N3OS/c1-10-3-2-7-18(8-5-10)15(19)14-13(16)11-4-6-17-9-12(11)20-14/h4,6,9-10H,2-3,5,7-8,16H2,1H3. The van der Waals surface area contributed by atoms with E-state index >= 15 is 0 Å². The van der Waals surface area contributed by atoms with Crippen LogP contribution in [0.5, 0.6) is 0 Å². The number of nitrogen functional groups attached to an aromatic ring is 1. The lowest BCUT2D eigenvalue weighted by Gasteiger charge is -2.19. The zero-order chi connectivity index (χ0) is 14.1. The van der Waals surface area contributed by atoms with Gasteiger partial charge in [-0.1, -0.05) is 6.92 Å². The van der Waals surface area contributed by atoms with Gasteiger partial charge in [-0.25, -0.2) is 0 Å². The maximum Gasteiger partial charge on any atom is 0.266 e. The van der Waals surface area contributed by atoms with Crippen LogP contribution in [-0.4, -0.2) is 28.9 Å². The Morgan fingerprint density at radius 2 is 2.30 bits per heavy atom. The van der Waals surface area contributed by atoms with Crippen molar-refractivity contribution in [3.05, 3.63) is 23.3 Å². The average Bonchev–Trinajstić information content (AvgIpc) is 2.64. The number of aromatic nitrogens is 1. The Bertz CT molecular complexity index is 637. The molecule has 20 heavy (non-hydrogen) atoms. The molecule has 1 saturated heterocycles. The van der Waals surface area contributed by atoms with Crippen LogP contribution in [0.3, 0.4) is 0 Å². The van der Waals surface area contributed by atoms with Gasteiger partial charge in [0, 0.05) is 30.9 Å². The van der Waals surface area contributed by atoms with Crippen LogP contribution in [0.4, 0.5) is 5.69 Å². The van der Waals surface area contributed by atoms with E-state index in [4.69, 9.17) is 5.73 Å². The number of amides is 1. The molecule has 2 N–H and O–H groups in total.